The van der Waals surface area contributed by atoms with Gasteiger partial charge >= 0.3 is 0 Å². The lowest BCUT2D eigenvalue weighted by molar-refractivity contribution is 1.13. The van der Waals surface area contributed by atoms with Crippen LogP contribution >= 0.6 is 34.8 Å². The molecular formula is C13H11Cl3N2. The normalized spacial score (nSPS) is 10.4. The third kappa shape index (κ3) is 3.08. The van der Waals surface area contributed by atoms with E-state index in [2.05, 4.69) is 10.3 Å². The van der Waals surface area contributed by atoms with Crippen molar-refractivity contribution in [3.8, 4) is 0 Å². The van der Waals surface area contributed by atoms with Gasteiger partial charge in [0.1, 0.15) is 0 Å². The number of nitrogens with one attached hydrogen (secondary N) is 1. The molecule has 0 saturated carbocycles. The van der Waals surface area contributed by atoms with Crippen molar-refractivity contribution in [3.05, 3.63) is 56.8 Å². The first kappa shape index (κ1) is 13.5. The maximum Gasteiger partial charge on any atom is 0.152 e. The third-order valence-corrected chi connectivity index (χ3v) is 3.64. The van der Waals surface area contributed by atoms with Crippen molar-refractivity contribution in [3.63, 3.8) is 0 Å². The Balaban J connectivity index is 2.16. The molecule has 1 heterocycles. The first-order valence-electron chi connectivity index (χ1n) is 5.37. The van der Waals surface area contributed by atoms with Gasteiger partial charge in [0.15, 0.2) is 5.15 Å². The van der Waals surface area contributed by atoms with Gasteiger partial charge in [-0.25, -0.2) is 4.98 Å². The molecule has 2 rings (SSSR count). The number of aromatic nitrogens is 1. The summed E-state index contributed by atoms with van der Waals surface area (Å²) in [4.78, 5) is 4.07. The molecule has 0 aliphatic rings. The van der Waals surface area contributed by atoms with Gasteiger partial charge in [-0.05, 0) is 30.2 Å². The molecule has 1 aromatic heterocycles. The van der Waals surface area contributed by atoms with Crippen LogP contribution in [0.2, 0.25) is 15.2 Å². The molecule has 2 aromatic rings. The van der Waals surface area contributed by atoms with Crippen LogP contribution in [-0.4, -0.2) is 4.98 Å². The van der Waals surface area contributed by atoms with E-state index in [4.69, 9.17) is 34.8 Å². The van der Waals surface area contributed by atoms with Crippen molar-refractivity contribution in [1.82, 2.24) is 4.98 Å². The highest BCUT2D eigenvalue weighted by atomic mass is 35.5. The maximum atomic E-state index is 6.11. The highest BCUT2D eigenvalue weighted by Gasteiger charge is 2.06. The Kier molecular flexibility index (Phi) is 4.33. The van der Waals surface area contributed by atoms with Crippen molar-refractivity contribution >= 4 is 40.5 Å². The molecule has 0 amide bonds. The van der Waals surface area contributed by atoms with E-state index in [1.54, 1.807) is 12.3 Å². The predicted octanol–water partition coefficient (Wildman–Crippen LogP) is 4.96. The predicted molar refractivity (Wildman–Crippen MR) is 77.8 cm³/mol. The lowest BCUT2D eigenvalue weighted by atomic mass is 10.2. The molecule has 0 spiro atoms. The molecule has 2 nitrogen and oxygen atoms in total. The van der Waals surface area contributed by atoms with E-state index in [9.17, 15) is 0 Å². The van der Waals surface area contributed by atoms with Gasteiger partial charge in [-0.1, -0.05) is 46.9 Å². The monoisotopic (exact) mass is 300 g/mol. The molecule has 18 heavy (non-hydrogen) atoms. The summed E-state index contributed by atoms with van der Waals surface area (Å²) < 4.78 is 0. The Morgan fingerprint density at radius 1 is 1.22 bits per heavy atom. The van der Waals surface area contributed by atoms with E-state index in [0.29, 0.717) is 21.7 Å². The van der Waals surface area contributed by atoms with E-state index in [1.165, 1.54) is 0 Å². The van der Waals surface area contributed by atoms with Crippen LogP contribution < -0.4 is 5.32 Å². The van der Waals surface area contributed by atoms with Crippen molar-refractivity contribution in [2.24, 2.45) is 0 Å². The van der Waals surface area contributed by atoms with Gasteiger partial charge in [-0.2, -0.15) is 0 Å². The van der Waals surface area contributed by atoms with Crippen LogP contribution in [0.3, 0.4) is 0 Å². The fourth-order valence-electron chi connectivity index (χ4n) is 1.55. The van der Waals surface area contributed by atoms with Crippen LogP contribution in [-0.2, 0) is 6.54 Å². The Bertz CT molecular complexity index is 568. The highest BCUT2D eigenvalue weighted by Crippen LogP contribution is 2.27. The summed E-state index contributed by atoms with van der Waals surface area (Å²) >= 11 is 18.1. The lowest BCUT2D eigenvalue weighted by Gasteiger charge is -2.10. The molecule has 1 aromatic carbocycles. The summed E-state index contributed by atoms with van der Waals surface area (Å²) in [6.07, 6.45) is 1.72. The smallest absolute Gasteiger partial charge is 0.152 e. The quantitative estimate of drug-likeness (QED) is 0.810. The zero-order valence-electron chi connectivity index (χ0n) is 9.67. The van der Waals surface area contributed by atoms with Crippen LogP contribution in [0.15, 0.2) is 30.5 Å². The van der Waals surface area contributed by atoms with Crippen LogP contribution in [0, 0.1) is 6.92 Å². The number of pyridine rings is 1. The van der Waals surface area contributed by atoms with Crippen molar-refractivity contribution in [1.29, 1.82) is 0 Å². The number of rotatable bonds is 3. The number of nitrogens with zero attached hydrogens (tertiary/aromatic N) is 1. The van der Waals surface area contributed by atoms with Crippen LogP contribution in [0.5, 0.6) is 0 Å². The molecule has 1 N–H and O–H groups in total. The summed E-state index contributed by atoms with van der Waals surface area (Å²) in [6, 6.07) is 7.47. The van der Waals surface area contributed by atoms with E-state index >= 15 is 0 Å². The van der Waals surface area contributed by atoms with Gasteiger partial charge in [-0.15, -0.1) is 0 Å². The van der Waals surface area contributed by atoms with E-state index in [-0.39, 0.29) is 0 Å². The number of halogens is 3. The van der Waals surface area contributed by atoms with Gasteiger partial charge < -0.3 is 5.32 Å². The number of benzene rings is 1. The SMILES string of the molecule is Cc1cnc(Cl)c(NCc2cccc(Cl)c2Cl)c1. The fourth-order valence-corrected chi connectivity index (χ4v) is 2.11. The van der Waals surface area contributed by atoms with Crippen LogP contribution in [0.25, 0.3) is 0 Å². The van der Waals surface area contributed by atoms with Gasteiger partial charge in [0.25, 0.3) is 0 Å². The standard InChI is InChI=1S/C13H11Cl3N2/c1-8-5-11(13(16)18-6-8)17-7-9-3-2-4-10(14)12(9)15/h2-6,17H,7H2,1H3. The van der Waals surface area contributed by atoms with Crippen LogP contribution in [0.1, 0.15) is 11.1 Å². The summed E-state index contributed by atoms with van der Waals surface area (Å²) in [6.45, 7) is 2.51. The molecule has 5 heteroatoms. The zero-order chi connectivity index (χ0) is 13.1. The highest BCUT2D eigenvalue weighted by molar-refractivity contribution is 6.42. The van der Waals surface area contributed by atoms with Gasteiger partial charge in [0.05, 0.1) is 15.7 Å². The number of hydrogen-bond acceptors (Lipinski definition) is 2. The molecule has 0 atom stereocenters. The first-order valence-corrected chi connectivity index (χ1v) is 6.50. The van der Waals surface area contributed by atoms with Crippen molar-refractivity contribution in [2.45, 2.75) is 13.5 Å². The summed E-state index contributed by atoms with van der Waals surface area (Å²) in [7, 11) is 0. The largest absolute Gasteiger partial charge is 0.378 e. The Morgan fingerprint density at radius 3 is 2.78 bits per heavy atom. The van der Waals surface area contributed by atoms with Crippen molar-refractivity contribution < 1.29 is 0 Å². The molecule has 0 saturated heterocycles. The third-order valence-electron chi connectivity index (χ3n) is 2.48. The van der Waals surface area contributed by atoms with E-state index < -0.39 is 0 Å². The molecule has 0 bridgehead atoms. The minimum atomic E-state index is 0.443. The Morgan fingerprint density at radius 2 is 2.00 bits per heavy atom. The number of anilines is 1. The minimum Gasteiger partial charge on any atom is -0.378 e. The van der Waals surface area contributed by atoms with Crippen LogP contribution in [0.4, 0.5) is 5.69 Å². The molecule has 0 aliphatic carbocycles. The summed E-state index contributed by atoms with van der Waals surface area (Å²) in [5, 5.41) is 4.75. The topological polar surface area (TPSA) is 24.9 Å². The van der Waals surface area contributed by atoms with Gasteiger partial charge in [-0.3, -0.25) is 0 Å². The number of aryl methyl sites for hydroxylation is 1. The van der Waals surface area contributed by atoms with E-state index in [1.807, 2.05) is 25.1 Å². The second-order valence-electron chi connectivity index (χ2n) is 3.92. The molecule has 0 unspecified atom stereocenters. The molecule has 94 valence electrons. The van der Waals surface area contributed by atoms with Gasteiger partial charge in [0, 0.05) is 12.7 Å². The first-order chi connectivity index (χ1) is 8.58. The maximum absolute atomic E-state index is 6.11. The molecular weight excluding hydrogens is 291 g/mol. The lowest BCUT2D eigenvalue weighted by Crippen LogP contribution is -2.02. The molecule has 0 aliphatic heterocycles. The minimum absolute atomic E-state index is 0.443. The summed E-state index contributed by atoms with van der Waals surface area (Å²) in [5.74, 6) is 0. The second-order valence-corrected chi connectivity index (χ2v) is 5.06. The van der Waals surface area contributed by atoms with Crippen molar-refractivity contribution in [2.75, 3.05) is 5.32 Å². The Labute approximate surface area is 121 Å². The average molecular weight is 302 g/mol. The average Bonchev–Trinajstić information content (AvgIpc) is 2.35. The molecule has 0 fully saturated rings. The van der Waals surface area contributed by atoms with Gasteiger partial charge in [0.2, 0.25) is 0 Å². The Hall–Kier alpha value is -0.960. The van der Waals surface area contributed by atoms with E-state index in [0.717, 1.165) is 16.8 Å². The number of hydrogen-bond donors (Lipinski definition) is 1. The zero-order valence-corrected chi connectivity index (χ0v) is 11.9. The second kappa shape index (κ2) is 5.79. The summed E-state index contributed by atoms with van der Waals surface area (Å²) in [5.41, 5.74) is 2.74. The molecule has 0 radical (unpaired) electrons. The fraction of sp³-hybridized carbons (Fsp3) is 0.154.